The van der Waals surface area contributed by atoms with E-state index in [2.05, 4.69) is 97.7 Å². The molecule has 1 saturated carbocycles. The van der Waals surface area contributed by atoms with Crippen molar-refractivity contribution in [2.45, 2.75) is 150 Å². The summed E-state index contributed by atoms with van der Waals surface area (Å²) in [5.41, 5.74) is 8.86. The third kappa shape index (κ3) is 12.9. The SMILES string of the molecule is C=C(NC(=NC)C1CC(C)(C)CN1C(=O)C(NC(=O)OC1C=CC=CC1)C(C)C)c1ccc(-c2ccc(-c3ccc4nc(CC5CC(C)(C)CN5C(=O)C(NC(=O)Oc5ccccc5)C(C)C)[nH]c(=O)c4c3)c3c2CC2(CCCC2)C3)cc1. The summed E-state index contributed by atoms with van der Waals surface area (Å²) in [6.07, 6.45) is 15.0. The maximum absolute atomic E-state index is 14.5. The average molecular weight is 1120 g/mol. The van der Waals surface area contributed by atoms with Crippen LogP contribution in [0.1, 0.15) is 123 Å². The number of hydrogen-bond donors (Lipinski definition) is 4. The Labute approximate surface area is 488 Å². The summed E-state index contributed by atoms with van der Waals surface area (Å²) in [6, 6.07) is 25.5. The Morgan fingerprint density at radius 2 is 1.39 bits per heavy atom. The van der Waals surface area contributed by atoms with Crippen LogP contribution in [0.3, 0.4) is 0 Å². The summed E-state index contributed by atoms with van der Waals surface area (Å²) in [5, 5.41) is 9.74. The van der Waals surface area contributed by atoms with Crippen molar-refractivity contribution in [1.82, 2.24) is 35.7 Å². The van der Waals surface area contributed by atoms with Crippen molar-refractivity contribution < 1.29 is 28.7 Å². The number of aliphatic imine (C=N–C) groups is 1. The largest absolute Gasteiger partial charge is 0.442 e. The summed E-state index contributed by atoms with van der Waals surface area (Å²) in [4.78, 5) is 85.6. The van der Waals surface area contributed by atoms with Gasteiger partial charge < -0.3 is 40.2 Å². The van der Waals surface area contributed by atoms with Crippen LogP contribution >= 0.6 is 0 Å². The van der Waals surface area contributed by atoms with Gasteiger partial charge in [-0.1, -0.05) is 154 Å². The highest BCUT2D eigenvalue weighted by Gasteiger charge is 2.47. The number of aromatic nitrogens is 2. The average Bonchev–Trinajstić information content (AvgIpc) is 3.42. The molecule has 3 aliphatic carbocycles. The highest BCUT2D eigenvalue weighted by molar-refractivity contribution is 5.98. The standard InChI is InChI=1S/C68H82N8O7/c1-41(2)58(73-64(80)82-48-19-13-11-14-20-48)62(78)75-39-66(6,7)35-47(75)34-57-71-55-30-27-46(33-52(55)61(77)72-57)51-29-28-50(53-36-68(37-54(51)53)31-17-18-32-68)45-25-23-44(24-26-45)43(5)70-60(69-10)56-38-67(8,9)40-76(56)63(79)59(42(3)4)74-65(81)83-49-21-15-12-16-22-49/h11-16,19-21,23-30,33,41-42,47,49,56,58-59H,5,17-18,22,31-32,34-40H2,1-4,6-10H3,(H,69,70)(H,73,80)(H,74,81)(H,71,72,77). The number of ether oxygens (including phenoxy) is 2. The lowest BCUT2D eigenvalue weighted by Crippen LogP contribution is -2.55. The van der Waals surface area contributed by atoms with Crippen LogP contribution in [0, 0.1) is 28.1 Å². The Morgan fingerprint density at radius 3 is 2.02 bits per heavy atom. The number of para-hydroxylation sites is 1. The molecule has 0 radical (unpaired) electrons. The molecule has 5 unspecified atom stereocenters. The highest BCUT2D eigenvalue weighted by atomic mass is 16.6. The molecule has 2 saturated heterocycles. The van der Waals surface area contributed by atoms with Crippen molar-refractivity contribution in [2.24, 2.45) is 33.1 Å². The van der Waals surface area contributed by atoms with Crippen LogP contribution in [0.2, 0.25) is 0 Å². The van der Waals surface area contributed by atoms with Gasteiger partial charge in [0.05, 0.1) is 16.9 Å². The molecule has 15 heteroatoms. The molecular formula is C68H82N8O7. The molecule has 15 nitrogen and oxygen atoms in total. The first-order valence-corrected chi connectivity index (χ1v) is 29.8. The predicted octanol–water partition coefficient (Wildman–Crippen LogP) is 11.8. The number of nitrogens with one attached hydrogen (secondary N) is 4. The van der Waals surface area contributed by atoms with Crippen LogP contribution in [0.4, 0.5) is 9.59 Å². The lowest BCUT2D eigenvalue weighted by molar-refractivity contribution is -0.135. The zero-order chi connectivity index (χ0) is 59.0. The van der Waals surface area contributed by atoms with Crippen molar-refractivity contribution in [3.05, 3.63) is 149 Å². The molecule has 1 aromatic heterocycles. The highest BCUT2D eigenvalue weighted by Crippen LogP contribution is 2.53. The number of fused-ring (bicyclic) bond motifs is 2. The van der Waals surface area contributed by atoms with Gasteiger partial charge in [-0.25, -0.2) is 14.6 Å². The van der Waals surface area contributed by atoms with Crippen molar-refractivity contribution in [3.8, 4) is 28.0 Å². The molecule has 4 aromatic carbocycles. The first-order chi connectivity index (χ1) is 39.6. The van der Waals surface area contributed by atoms with Gasteiger partial charge in [0.15, 0.2) is 0 Å². The predicted molar refractivity (Wildman–Crippen MR) is 328 cm³/mol. The molecule has 4 N–H and O–H groups in total. The van der Waals surface area contributed by atoms with Gasteiger partial charge >= 0.3 is 12.2 Å². The number of carbonyl (C=O) groups is 4. The number of alkyl carbamates (subject to hydrolysis) is 1. The van der Waals surface area contributed by atoms with E-state index in [0.717, 1.165) is 35.1 Å². The van der Waals surface area contributed by atoms with E-state index in [0.29, 0.717) is 72.8 Å². The second-order valence-corrected chi connectivity index (χ2v) is 26.2. The Bertz CT molecular complexity index is 3440. The van der Waals surface area contributed by atoms with E-state index in [9.17, 15) is 24.0 Å². The number of amides is 4. The Morgan fingerprint density at radius 1 is 0.771 bits per heavy atom. The maximum Gasteiger partial charge on any atom is 0.413 e. The number of rotatable bonds is 15. The monoisotopic (exact) mass is 1120 g/mol. The van der Waals surface area contributed by atoms with Gasteiger partial charge in [0.25, 0.3) is 5.56 Å². The minimum Gasteiger partial charge on any atom is -0.442 e. The zero-order valence-corrected chi connectivity index (χ0v) is 49.8. The van der Waals surface area contributed by atoms with E-state index in [4.69, 9.17) is 19.5 Å². The van der Waals surface area contributed by atoms with Gasteiger partial charge in [0.1, 0.15) is 35.6 Å². The summed E-state index contributed by atoms with van der Waals surface area (Å²) in [5.74, 6) is 0.774. The normalized spacial score (nSPS) is 21.1. The number of likely N-dealkylation sites (tertiary alicyclic amines) is 2. The van der Waals surface area contributed by atoms with E-state index < -0.39 is 24.3 Å². The van der Waals surface area contributed by atoms with Gasteiger partial charge in [0.2, 0.25) is 11.8 Å². The Kier molecular flexibility index (Phi) is 16.8. The molecule has 3 heterocycles. The summed E-state index contributed by atoms with van der Waals surface area (Å²) >= 11 is 0. The first kappa shape index (κ1) is 58.4. The van der Waals surface area contributed by atoms with E-state index in [1.165, 1.54) is 42.4 Å². The summed E-state index contributed by atoms with van der Waals surface area (Å²) < 4.78 is 11.2. The maximum atomic E-state index is 14.5. The third-order valence-electron chi connectivity index (χ3n) is 17.8. The van der Waals surface area contributed by atoms with Crippen LogP contribution in [0.25, 0.3) is 38.9 Å². The van der Waals surface area contributed by atoms with Gasteiger partial charge in [-0.2, -0.15) is 0 Å². The van der Waals surface area contributed by atoms with Gasteiger partial charge in [-0.05, 0) is 136 Å². The number of nitrogens with zero attached hydrogens (tertiary/aromatic N) is 4. The van der Waals surface area contributed by atoms with Crippen LogP contribution in [0.15, 0.2) is 126 Å². The smallest absolute Gasteiger partial charge is 0.413 e. The van der Waals surface area contributed by atoms with Gasteiger partial charge in [-0.15, -0.1) is 0 Å². The Balaban J connectivity index is 0.850. The second kappa shape index (κ2) is 23.8. The molecule has 83 heavy (non-hydrogen) atoms. The number of hydrogen-bond acceptors (Lipinski definition) is 9. The van der Waals surface area contributed by atoms with Crippen LogP contribution < -0.4 is 26.2 Å². The Hall–Kier alpha value is -7.81. The molecule has 2 aliphatic heterocycles. The summed E-state index contributed by atoms with van der Waals surface area (Å²) in [7, 11) is 1.73. The number of carbonyl (C=O) groups excluding carboxylic acids is 4. The topological polar surface area (TPSA) is 187 Å². The molecule has 0 bridgehead atoms. The van der Waals surface area contributed by atoms with E-state index >= 15 is 0 Å². The van der Waals surface area contributed by atoms with E-state index in [-0.39, 0.29) is 63.6 Å². The number of allylic oxidation sites excluding steroid dienone is 2. The molecule has 1 spiro atoms. The van der Waals surface area contributed by atoms with Crippen LogP contribution in [-0.2, 0) is 33.6 Å². The molecule has 3 fully saturated rings. The quantitative estimate of drug-likeness (QED) is 0.0584. The van der Waals surface area contributed by atoms with Crippen molar-refractivity contribution in [1.29, 1.82) is 0 Å². The van der Waals surface area contributed by atoms with Crippen LogP contribution in [0.5, 0.6) is 5.75 Å². The third-order valence-corrected chi connectivity index (χ3v) is 17.8. The minimum absolute atomic E-state index is 0.178. The molecular weight excluding hydrogens is 1040 g/mol. The fraction of sp³-hybridized carbons (Fsp3) is 0.456. The number of amidine groups is 1. The van der Waals surface area contributed by atoms with Crippen molar-refractivity contribution >= 4 is 46.4 Å². The van der Waals surface area contributed by atoms with Crippen molar-refractivity contribution in [3.63, 3.8) is 0 Å². The number of benzene rings is 4. The van der Waals surface area contributed by atoms with E-state index in [1.807, 2.05) is 80.0 Å². The van der Waals surface area contributed by atoms with Gasteiger partial charge in [-0.3, -0.25) is 19.4 Å². The molecule has 5 aromatic rings. The van der Waals surface area contributed by atoms with E-state index in [1.54, 1.807) is 31.3 Å². The number of H-pyrrole nitrogens is 1. The fourth-order valence-electron chi connectivity index (χ4n) is 13.6. The fourth-order valence-corrected chi connectivity index (χ4v) is 13.6. The molecule has 4 amide bonds. The molecule has 5 atom stereocenters. The van der Waals surface area contributed by atoms with Crippen molar-refractivity contribution in [2.75, 3.05) is 20.1 Å². The number of aromatic amines is 1. The van der Waals surface area contributed by atoms with Gasteiger partial charge in [0, 0.05) is 44.7 Å². The first-order valence-electron chi connectivity index (χ1n) is 29.8. The van der Waals surface area contributed by atoms with Crippen LogP contribution in [-0.4, -0.2) is 100 Å². The zero-order valence-electron chi connectivity index (χ0n) is 49.8. The molecule has 436 valence electrons. The lowest BCUT2D eigenvalue weighted by Gasteiger charge is -2.32. The minimum atomic E-state index is -0.811. The summed E-state index contributed by atoms with van der Waals surface area (Å²) in [6.45, 7) is 21.7. The molecule has 5 aliphatic rings. The second-order valence-electron chi connectivity index (χ2n) is 26.2. The lowest BCUT2D eigenvalue weighted by atomic mass is 9.82. The molecule has 10 rings (SSSR count).